The first-order valence-corrected chi connectivity index (χ1v) is 11.4. The molecule has 13 nitrogen and oxygen atoms in total. The molecule has 0 bridgehead atoms. The Kier molecular flexibility index (Phi) is 12.3. The molecule has 0 radical (unpaired) electrons. The Labute approximate surface area is 208 Å². The summed E-state index contributed by atoms with van der Waals surface area (Å²) < 4.78 is 0. The molecule has 200 valence electrons. The van der Waals surface area contributed by atoms with E-state index in [0.29, 0.717) is 12.0 Å². The van der Waals surface area contributed by atoms with Crippen molar-refractivity contribution in [2.45, 2.75) is 63.7 Å². The highest BCUT2D eigenvalue weighted by atomic mass is 16.4. The van der Waals surface area contributed by atoms with Gasteiger partial charge in [-0.15, -0.1) is 0 Å². The molecule has 0 aromatic heterocycles. The molecule has 0 aliphatic rings. The number of phenols is 1. The summed E-state index contributed by atoms with van der Waals surface area (Å²) in [5.41, 5.74) is 11.5. The van der Waals surface area contributed by atoms with Crippen LogP contribution in [0.3, 0.4) is 0 Å². The Bertz CT molecular complexity index is 922. The van der Waals surface area contributed by atoms with Gasteiger partial charge in [-0.2, -0.15) is 0 Å². The number of benzene rings is 1. The number of carboxylic acids is 1. The summed E-state index contributed by atoms with van der Waals surface area (Å²) in [6.45, 7) is 2.89. The minimum Gasteiger partial charge on any atom is -0.508 e. The summed E-state index contributed by atoms with van der Waals surface area (Å²) in [7, 11) is 0. The Morgan fingerprint density at radius 3 is 1.92 bits per heavy atom. The van der Waals surface area contributed by atoms with E-state index in [1.807, 2.05) is 13.8 Å². The van der Waals surface area contributed by atoms with Crippen molar-refractivity contribution >= 4 is 29.6 Å². The van der Waals surface area contributed by atoms with Crippen LogP contribution in [0.2, 0.25) is 0 Å². The fourth-order valence-electron chi connectivity index (χ4n) is 3.25. The molecule has 0 aliphatic heterocycles. The largest absolute Gasteiger partial charge is 0.508 e. The number of primary amides is 1. The van der Waals surface area contributed by atoms with Gasteiger partial charge in [-0.05, 0) is 36.5 Å². The summed E-state index contributed by atoms with van der Waals surface area (Å²) in [4.78, 5) is 60.5. The second-order valence-corrected chi connectivity index (χ2v) is 8.82. The van der Waals surface area contributed by atoms with Crippen molar-refractivity contribution in [3.63, 3.8) is 0 Å². The summed E-state index contributed by atoms with van der Waals surface area (Å²) in [6.07, 6.45) is -0.244. The normalized spacial score (nSPS) is 14.2. The maximum absolute atomic E-state index is 13.0. The van der Waals surface area contributed by atoms with Gasteiger partial charge in [-0.1, -0.05) is 26.0 Å². The first-order valence-electron chi connectivity index (χ1n) is 11.4. The molecule has 0 saturated heterocycles. The SMILES string of the molecule is CC(C)CC(N)C(=O)NC(Cc1ccc(O)cc1)C(=O)NC(CO)C(=O)NC(CCC(N)=O)C(=O)O. The molecule has 0 heterocycles. The number of carbonyl (C=O) groups is 5. The number of amides is 4. The Balaban J connectivity index is 3.00. The molecule has 0 spiro atoms. The van der Waals surface area contributed by atoms with E-state index in [9.17, 15) is 39.3 Å². The van der Waals surface area contributed by atoms with Crippen molar-refractivity contribution in [3.8, 4) is 5.75 Å². The first kappa shape index (κ1) is 30.3. The zero-order chi connectivity index (χ0) is 27.4. The molecule has 36 heavy (non-hydrogen) atoms. The molecule has 10 N–H and O–H groups in total. The maximum atomic E-state index is 13.0. The predicted molar refractivity (Wildman–Crippen MR) is 128 cm³/mol. The van der Waals surface area contributed by atoms with Gasteiger partial charge in [0.2, 0.25) is 23.6 Å². The highest BCUT2D eigenvalue weighted by molar-refractivity contribution is 5.94. The fraction of sp³-hybridized carbons (Fsp3) is 0.522. The first-order chi connectivity index (χ1) is 16.8. The second-order valence-electron chi connectivity index (χ2n) is 8.82. The molecular formula is C23H35N5O8. The minimum atomic E-state index is -1.54. The number of nitrogens with one attached hydrogen (secondary N) is 3. The molecule has 1 rings (SSSR count). The number of aliphatic carboxylic acids is 1. The maximum Gasteiger partial charge on any atom is 0.326 e. The number of hydrogen-bond acceptors (Lipinski definition) is 8. The van der Waals surface area contributed by atoms with Crippen LogP contribution in [0.25, 0.3) is 0 Å². The van der Waals surface area contributed by atoms with Crippen LogP contribution in [0, 0.1) is 5.92 Å². The smallest absolute Gasteiger partial charge is 0.326 e. The van der Waals surface area contributed by atoms with Crippen LogP contribution >= 0.6 is 0 Å². The van der Waals surface area contributed by atoms with Crippen molar-refractivity contribution in [2.75, 3.05) is 6.61 Å². The van der Waals surface area contributed by atoms with Crippen LogP contribution in [0.4, 0.5) is 0 Å². The molecule has 4 amide bonds. The van der Waals surface area contributed by atoms with E-state index in [2.05, 4.69) is 16.0 Å². The Hall–Kier alpha value is -3.71. The van der Waals surface area contributed by atoms with Crippen molar-refractivity contribution in [1.29, 1.82) is 0 Å². The highest BCUT2D eigenvalue weighted by Crippen LogP contribution is 2.12. The van der Waals surface area contributed by atoms with Crippen LogP contribution in [-0.4, -0.2) is 75.7 Å². The third-order valence-corrected chi connectivity index (χ3v) is 5.18. The lowest BCUT2D eigenvalue weighted by Crippen LogP contribution is -2.58. The van der Waals surface area contributed by atoms with Gasteiger partial charge in [0.15, 0.2) is 0 Å². The standard InChI is InChI=1S/C23H35N5O8/c1-12(2)9-15(24)20(32)27-17(10-13-3-5-14(30)6-4-13)21(33)28-18(11-29)22(34)26-16(23(35)36)7-8-19(25)31/h3-6,12,15-18,29-30H,7-11,24H2,1-2H3,(H2,25,31)(H,26,34)(H,27,32)(H,28,33)(H,35,36). The van der Waals surface area contributed by atoms with Gasteiger partial charge >= 0.3 is 5.97 Å². The number of aliphatic hydroxyl groups excluding tert-OH is 1. The molecule has 0 aliphatic carbocycles. The van der Waals surface area contributed by atoms with Crippen LogP contribution in [0.1, 0.15) is 38.7 Å². The average molecular weight is 510 g/mol. The lowest BCUT2D eigenvalue weighted by molar-refractivity contribution is -0.143. The summed E-state index contributed by atoms with van der Waals surface area (Å²) in [6, 6.07) is 0.780. The molecule has 1 aromatic carbocycles. The number of carboxylic acid groups (broad SMARTS) is 1. The van der Waals surface area contributed by atoms with Crippen LogP contribution in [0.15, 0.2) is 24.3 Å². The lowest BCUT2D eigenvalue weighted by atomic mass is 10.0. The van der Waals surface area contributed by atoms with Gasteiger partial charge in [-0.3, -0.25) is 19.2 Å². The lowest BCUT2D eigenvalue weighted by Gasteiger charge is -2.24. The van der Waals surface area contributed by atoms with E-state index in [-0.39, 0.29) is 30.9 Å². The number of aliphatic hydroxyl groups is 1. The number of hydrogen-bond donors (Lipinski definition) is 8. The van der Waals surface area contributed by atoms with E-state index in [4.69, 9.17) is 11.5 Å². The zero-order valence-corrected chi connectivity index (χ0v) is 20.3. The molecule has 1 aromatic rings. The molecule has 13 heteroatoms. The molecule has 4 unspecified atom stereocenters. The zero-order valence-electron chi connectivity index (χ0n) is 20.3. The van der Waals surface area contributed by atoms with E-state index in [1.165, 1.54) is 12.1 Å². The van der Waals surface area contributed by atoms with Crippen molar-refractivity contribution in [3.05, 3.63) is 29.8 Å². The van der Waals surface area contributed by atoms with Gasteiger partial charge < -0.3 is 42.7 Å². The van der Waals surface area contributed by atoms with E-state index in [1.54, 1.807) is 12.1 Å². The second kappa shape index (κ2) is 14.6. The molecule has 4 atom stereocenters. The Morgan fingerprint density at radius 1 is 0.889 bits per heavy atom. The number of rotatable bonds is 15. The predicted octanol–water partition coefficient (Wildman–Crippen LogP) is -1.90. The monoisotopic (exact) mass is 509 g/mol. The summed E-state index contributed by atoms with van der Waals surface area (Å²) >= 11 is 0. The fourth-order valence-corrected chi connectivity index (χ4v) is 3.25. The van der Waals surface area contributed by atoms with Crippen LogP contribution in [0.5, 0.6) is 5.75 Å². The van der Waals surface area contributed by atoms with Crippen molar-refractivity contribution < 1.29 is 39.3 Å². The van der Waals surface area contributed by atoms with Crippen LogP contribution in [-0.2, 0) is 30.4 Å². The number of aromatic hydroxyl groups is 1. The molecule has 0 fully saturated rings. The van der Waals surface area contributed by atoms with Crippen molar-refractivity contribution in [2.24, 2.45) is 17.4 Å². The minimum absolute atomic E-state index is 0.00378. The number of phenolic OH excluding ortho intramolecular Hbond substituents is 1. The van der Waals surface area contributed by atoms with Crippen LogP contribution < -0.4 is 27.4 Å². The van der Waals surface area contributed by atoms with E-state index >= 15 is 0 Å². The number of nitrogens with two attached hydrogens (primary N) is 2. The van der Waals surface area contributed by atoms with Crippen molar-refractivity contribution in [1.82, 2.24) is 16.0 Å². The summed E-state index contributed by atoms with van der Waals surface area (Å²) in [5, 5.41) is 35.4. The number of carbonyl (C=O) groups excluding carboxylic acids is 4. The topological polar surface area (TPSA) is 234 Å². The van der Waals surface area contributed by atoms with Gasteiger partial charge in [0.1, 0.15) is 23.9 Å². The van der Waals surface area contributed by atoms with E-state index in [0.717, 1.165) is 0 Å². The van der Waals surface area contributed by atoms with E-state index < -0.39 is 60.4 Å². The molecule has 0 saturated carbocycles. The molecular weight excluding hydrogens is 474 g/mol. The Morgan fingerprint density at radius 2 is 1.42 bits per heavy atom. The summed E-state index contributed by atoms with van der Waals surface area (Å²) in [5.74, 6) is -4.49. The quantitative estimate of drug-likeness (QED) is 0.132. The average Bonchev–Trinajstić information content (AvgIpc) is 2.79. The van der Waals surface area contributed by atoms with Gasteiger partial charge in [-0.25, -0.2) is 4.79 Å². The third-order valence-electron chi connectivity index (χ3n) is 5.18. The third kappa shape index (κ3) is 10.7. The van der Waals surface area contributed by atoms with Gasteiger partial charge in [0.25, 0.3) is 0 Å². The van der Waals surface area contributed by atoms with Gasteiger partial charge in [0, 0.05) is 12.8 Å². The van der Waals surface area contributed by atoms with Gasteiger partial charge in [0.05, 0.1) is 12.6 Å². The highest BCUT2D eigenvalue weighted by Gasteiger charge is 2.30.